The molecule has 1 heterocycles. The molecule has 0 saturated carbocycles. The first-order valence-electron chi connectivity index (χ1n) is 5.11. The second-order valence-corrected chi connectivity index (χ2v) is 3.54. The summed E-state index contributed by atoms with van der Waals surface area (Å²) in [5.41, 5.74) is 6.00. The number of methoxy groups -OCH3 is 1. The van der Waals surface area contributed by atoms with Crippen molar-refractivity contribution in [1.29, 1.82) is 0 Å². The Hall–Kier alpha value is -1.62. The fourth-order valence-corrected chi connectivity index (χ4v) is 1.30. The average molecular weight is 223 g/mol. The molecule has 88 valence electrons. The van der Waals surface area contributed by atoms with Crippen molar-refractivity contribution in [1.82, 2.24) is 9.88 Å². The number of ether oxygens (including phenoxy) is 1. The Bertz CT molecular complexity index is 338. The molecule has 0 unspecified atom stereocenters. The van der Waals surface area contributed by atoms with Crippen LogP contribution in [0.2, 0.25) is 0 Å². The third-order valence-corrected chi connectivity index (χ3v) is 2.22. The second kappa shape index (κ2) is 6.07. The molecule has 0 radical (unpaired) electrons. The van der Waals surface area contributed by atoms with Gasteiger partial charge in [0, 0.05) is 33.5 Å². The molecule has 0 bridgehead atoms. The van der Waals surface area contributed by atoms with E-state index in [4.69, 9.17) is 10.5 Å². The van der Waals surface area contributed by atoms with Crippen molar-refractivity contribution in [3.63, 3.8) is 0 Å². The minimum absolute atomic E-state index is 0.0522. The third-order valence-electron chi connectivity index (χ3n) is 2.22. The van der Waals surface area contributed by atoms with Crippen LogP contribution < -0.4 is 5.73 Å². The highest BCUT2D eigenvalue weighted by Gasteiger charge is 2.11. The summed E-state index contributed by atoms with van der Waals surface area (Å²) in [6, 6.07) is 3.30. The molecule has 0 aliphatic heterocycles. The predicted molar refractivity (Wildman–Crippen MR) is 62.1 cm³/mol. The van der Waals surface area contributed by atoms with Gasteiger partial charge in [-0.25, -0.2) is 4.98 Å². The van der Waals surface area contributed by atoms with E-state index in [1.807, 2.05) is 0 Å². The highest BCUT2D eigenvalue weighted by atomic mass is 16.5. The number of hydrogen-bond acceptors (Lipinski definition) is 4. The molecule has 0 fully saturated rings. The first kappa shape index (κ1) is 12.4. The zero-order valence-electron chi connectivity index (χ0n) is 9.64. The van der Waals surface area contributed by atoms with Crippen LogP contribution in [0.15, 0.2) is 18.3 Å². The largest absolute Gasteiger partial charge is 0.385 e. The third kappa shape index (κ3) is 3.51. The van der Waals surface area contributed by atoms with E-state index in [2.05, 4.69) is 4.98 Å². The van der Waals surface area contributed by atoms with E-state index < -0.39 is 0 Å². The van der Waals surface area contributed by atoms with Crippen molar-refractivity contribution in [3.8, 4) is 0 Å². The lowest BCUT2D eigenvalue weighted by molar-refractivity contribution is 0.0779. The quantitative estimate of drug-likeness (QED) is 0.749. The van der Waals surface area contributed by atoms with Crippen LogP contribution in [0.3, 0.4) is 0 Å². The van der Waals surface area contributed by atoms with Crippen LogP contribution in [0.1, 0.15) is 16.8 Å². The number of hydrogen-bond donors (Lipinski definition) is 1. The van der Waals surface area contributed by atoms with Gasteiger partial charge in [-0.05, 0) is 18.6 Å². The van der Waals surface area contributed by atoms with Crippen LogP contribution in [0.25, 0.3) is 0 Å². The fraction of sp³-hybridized carbons (Fsp3) is 0.455. The average Bonchev–Trinajstić information content (AvgIpc) is 2.29. The van der Waals surface area contributed by atoms with Crippen molar-refractivity contribution in [2.24, 2.45) is 0 Å². The van der Waals surface area contributed by atoms with Gasteiger partial charge >= 0.3 is 0 Å². The van der Waals surface area contributed by atoms with Gasteiger partial charge in [0.1, 0.15) is 5.82 Å². The molecule has 0 spiro atoms. The molecule has 5 nitrogen and oxygen atoms in total. The molecule has 16 heavy (non-hydrogen) atoms. The lowest BCUT2D eigenvalue weighted by Crippen LogP contribution is -2.28. The van der Waals surface area contributed by atoms with Gasteiger partial charge in [0.2, 0.25) is 0 Å². The number of aromatic nitrogens is 1. The summed E-state index contributed by atoms with van der Waals surface area (Å²) in [7, 11) is 3.40. The van der Waals surface area contributed by atoms with Gasteiger partial charge in [-0.15, -0.1) is 0 Å². The minimum Gasteiger partial charge on any atom is -0.385 e. The summed E-state index contributed by atoms with van der Waals surface area (Å²) in [6.07, 6.45) is 2.31. The van der Waals surface area contributed by atoms with Crippen molar-refractivity contribution >= 4 is 11.7 Å². The van der Waals surface area contributed by atoms with E-state index in [-0.39, 0.29) is 5.91 Å². The molecule has 1 aromatic heterocycles. The Morgan fingerprint density at radius 3 is 2.88 bits per heavy atom. The van der Waals surface area contributed by atoms with Crippen LogP contribution in [0, 0.1) is 0 Å². The van der Waals surface area contributed by atoms with Gasteiger partial charge in [0.15, 0.2) is 0 Å². The lowest BCUT2D eigenvalue weighted by Gasteiger charge is -2.16. The summed E-state index contributed by atoms with van der Waals surface area (Å²) in [5, 5.41) is 0. The molecule has 0 aliphatic carbocycles. The SMILES string of the molecule is COCCCN(C)C(=O)c1ccc(N)nc1. The molecule has 0 aliphatic rings. The first-order chi connectivity index (χ1) is 7.65. The summed E-state index contributed by atoms with van der Waals surface area (Å²) in [4.78, 5) is 17.4. The van der Waals surface area contributed by atoms with Crippen LogP contribution in [-0.4, -0.2) is 43.1 Å². The summed E-state index contributed by atoms with van der Waals surface area (Å²) in [5.74, 6) is 0.363. The molecule has 1 rings (SSSR count). The molecule has 1 amide bonds. The van der Waals surface area contributed by atoms with Crippen LogP contribution >= 0.6 is 0 Å². The van der Waals surface area contributed by atoms with Gasteiger partial charge in [0.05, 0.1) is 5.56 Å². The molecular weight excluding hydrogens is 206 g/mol. The zero-order valence-corrected chi connectivity index (χ0v) is 9.64. The van der Waals surface area contributed by atoms with Crippen molar-refractivity contribution in [3.05, 3.63) is 23.9 Å². The first-order valence-corrected chi connectivity index (χ1v) is 5.11. The van der Waals surface area contributed by atoms with Crippen LogP contribution in [0.5, 0.6) is 0 Å². The number of nitrogens with two attached hydrogens (primary N) is 1. The Kier molecular flexibility index (Phi) is 4.72. The molecular formula is C11H17N3O2. The highest BCUT2D eigenvalue weighted by molar-refractivity contribution is 5.93. The van der Waals surface area contributed by atoms with Crippen LogP contribution in [0.4, 0.5) is 5.82 Å². The fourth-order valence-electron chi connectivity index (χ4n) is 1.30. The lowest BCUT2D eigenvalue weighted by atomic mass is 10.2. The van der Waals surface area contributed by atoms with Crippen LogP contribution in [-0.2, 0) is 4.74 Å². The number of anilines is 1. The topological polar surface area (TPSA) is 68.5 Å². The van der Waals surface area contributed by atoms with Gasteiger partial charge < -0.3 is 15.4 Å². The van der Waals surface area contributed by atoms with Gasteiger partial charge in [-0.3, -0.25) is 4.79 Å². The maximum atomic E-state index is 11.9. The standard InChI is InChI=1S/C11H17N3O2/c1-14(6-3-7-16-2)11(15)9-4-5-10(12)13-8-9/h4-5,8H,3,6-7H2,1-2H3,(H2,12,13). The molecule has 0 aromatic carbocycles. The van der Waals surface area contributed by atoms with E-state index in [1.54, 1.807) is 31.2 Å². The maximum absolute atomic E-state index is 11.9. The number of carbonyl (C=O) groups excluding carboxylic acids is 1. The predicted octanol–water partition coefficient (Wildman–Crippen LogP) is 0.772. The Labute approximate surface area is 95.2 Å². The Balaban J connectivity index is 2.53. The minimum atomic E-state index is -0.0522. The number of rotatable bonds is 5. The number of nitrogen functional groups attached to an aromatic ring is 1. The van der Waals surface area contributed by atoms with E-state index in [9.17, 15) is 4.79 Å². The van der Waals surface area contributed by atoms with Crippen molar-refractivity contribution in [2.45, 2.75) is 6.42 Å². The highest BCUT2D eigenvalue weighted by Crippen LogP contribution is 2.05. The summed E-state index contributed by atoms with van der Waals surface area (Å²) in [6.45, 7) is 1.31. The summed E-state index contributed by atoms with van der Waals surface area (Å²) < 4.78 is 4.93. The van der Waals surface area contributed by atoms with Gasteiger partial charge in [0.25, 0.3) is 5.91 Å². The van der Waals surface area contributed by atoms with E-state index in [1.165, 1.54) is 6.20 Å². The van der Waals surface area contributed by atoms with E-state index >= 15 is 0 Å². The van der Waals surface area contributed by atoms with Crippen molar-refractivity contribution < 1.29 is 9.53 Å². The molecule has 5 heteroatoms. The van der Waals surface area contributed by atoms with Crippen molar-refractivity contribution in [2.75, 3.05) is 33.0 Å². The second-order valence-electron chi connectivity index (χ2n) is 3.54. The normalized spacial score (nSPS) is 10.1. The zero-order chi connectivity index (χ0) is 12.0. The smallest absolute Gasteiger partial charge is 0.255 e. The summed E-state index contributed by atoms with van der Waals surface area (Å²) >= 11 is 0. The Morgan fingerprint density at radius 2 is 2.31 bits per heavy atom. The van der Waals surface area contributed by atoms with Gasteiger partial charge in [-0.1, -0.05) is 0 Å². The number of amides is 1. The monoisotopic (exact) mass is 223 g/mol. The molecule has 1 aromatic rings. The number of nitrogens with zero attached hydrogens (tertiary/aromatic N) is 2. The molecule has 0 saturated heterocycles. The Morgan fingerprint density at radius 1 is 1.56 bits per heavy atom. The van der Waals surface area contributed by atoms with E-state index in [0.717, 1.165) is 6.42 Å². The molecule has 2 N–H and O–H groups in total. The number of carbonyl (C=O) groups is 1. The molecule has 0 atom stereocenters. The maximum Gasteiger partial charge on any atom is 0.255 e. The van der Waals surface area contributed by atoms with Gasteiger partial charge in [-0.2, -0.15) is 0 Å². The number of pyridine rings is 1. The van der Waals surface area contributed by atoms with E-state index in [0.29, 0.717) is 24.5 Å².